The topological polar surface area (TPSA) is 74.0 Å². The summed E-state index contributed by atoms with van der Waals surface area (Å²) in [5, 5.41) is 13.1. The number of rotatable bonds is 7. The van der Waals surface area contributed by atoms with E-state index in [4.69, 9.17) is 51.1 Å². The van der Waals surface area contributed by atoms with Crippen LogP contribution < -0.4 is 10.1 Å². The van der Waals surface area contributed by atoms with Gasteiger partial charge in [-0.05, 0) is 42.0 Å². The first-order valence-corrected chi connectivity index (χ1v) is 10.8. The predicted octanol–water partition coefficient (Wildman–Crippen LogP) is 6.03. The molecule has 0 saturated carbocycles. The Balaban J connectivity index is 1.34. The fourth-order valence-corrected chi connectivity index (χ4v) is 3.60. The van der Waals surface area contributed by atoms with E-state index in [2.05, 4.69) is 15.5 Å². The smallest absolute Gasteiger partial charge is 0.276 e. The third-order valence-corrected chi connectivity index (χ3v) is 5.61. The van der Waals surface area contributed by atoms with E-state index in [1.165, 1.54) is 4.68 Å². The van der Waals surface area contributed by atoms with E-state index >= 15 is 0 Å². The van der Waals surface area contributed by atoms with Crippen LogP contribution in [0, 0.1) is 0 Å². The average molecular weight is 511 g/mol. The second kappa shape index (κ2) is 9.83. The van der Waals surface area contributed by atoms with Crippen molar-refractivity contribution in [3.8, 4) is 5.75 Å². The van der Waals surface area contributed by atoms with Crippen molar-refractivity contribution in [1.29, 1.82) is 0 Å². The summed E-state index contributed by atoms with van der Waals surface area (Å²) in [4.78, 5) is 12.5. The normalized spacial score (nSPS) is 10.9. The zero-order chi connectivity index (χ0) is 22.7. The van der Waals surface area contributed by atoms with Gasteiger partial charge in [0, 0.05) is 17.4 Å². The van der Waals surface area contributed by atoms with Gasteiger partial charge in [-0.15, -0.1) is 0 Å². The lowest BCUT2D eigenvalue weighted by Gasteiger charge is -2.08. The second-order valence-corrected chi connectivity index (χ2v) is 8.38. The Hall–Kier alpha value is -2.71. The second-order valence-electron chi connectivity index (χ2n) is 6.72. The highest BCUT2D eigenvalue weighted by molar-refractivity contribution is 6.42. The molecule has 2 heterocycles. The summed E-state index contributed by atoms with van der Waals surface area (Å²) in [5.74, 6) is 0.0920. The Morgan fingerprint density at radius 1 is 0.969 bits per heavy atom. The molecule has 1 N–H and O–H groups in total. The first-order valence-electron chi connectivity index (χ1n) is 9.26. The van der Waals surface area contributed by atoms with Crippen molar-refractivity contribution in [2.24, 2.45) is 0 Å². The molecule has 0 aliphatic rings. The molecule has 2 aromatic carbocycles. The summed E-state index contributed by atoms with van der Waals surface area (Å²) < 4.78 is 8.77. The first-order chi connectivity index (χ1) is 15.4. The van der Waals surface area contributed by atoms with Crippen molar-refractivity contribution in [2.45, 2.75) is 13.3 Å². The van der Waals surface area contributed by atoms with Crippen LogP contribution in [0.15, 0.2) is 61.1 Å². The SMILES string of the molecule is O=C(Nc1cnn(Cc2ccc(Cl)c(Cl)c2)c1)c1ccn(COc2ccc(Cl)cc2Cl)n1. The van der Waals surface area contributed by atoms with Crippen molar-refractivity contribution in [1.82, 2.24) is 19.6 Å². The number of amides is 1. The van der Waals surface area contributed by atoms with Crippen LogP contribution >= 0.6 is 46.4 Å². The number of carbonyl (C=O) groups is 1. The summed E-state index contributed by atoms with van der Waals surface area (Å²) in [6.45, 7) is 0.558. The molecule has 2 aromatic heterocycles. The van der Waals surface area contributed by atoms with Gasteiger partial charge in [-0.25, -0.2) is 4.68 Å². The minimum atomic E-state index is -0.373. The minimum absolute atomic E-state index is 0.0796. The third kappa shape index (κ3) is 5.55. The van der Waals surface area contributed by atoms with Gasteiger partial charge in [0.15, 0.2) is 12.4 Å². The molecule has 0 fully saturated rings. The van der Waals surface area contributed by atoms with Crippen LogP contribution in [0.5, 0.6) is 5.75 Å². The van der Waals surface area contributed by atoms with Gasteiger partial charge in [-0.3, -0.25) is 9.48 Å². The van der Waals surface area contributed by atoms with Crippen LogP contribution in [0.2, 0.25) is 20.1 Å². The van der Waals surface area contributed by atoms with E-state index in [0.29, 0.717) is 38.1 Å². The van der Waals surface area contributed by atoms with E-state index in [0.717, 1.165) is 5.56 Å². The molecule has 0 saturated heterocycles. The number of nitrogens with one attached hydrogen (secondary N) is 1. The number of ether oxygens (including phenoxy) is 1. The summed E-state index contributed by atoms with van der Waals surface area (Å²) in [7, 11) is 0. The standard InChI is InChI=1S/C21H15Cl4N5O2/c22-14-2-4-20(18(25)8-14)32-12-29-6-5-19(28-29)21(31)27-15-9-26-30(11-15)10-13-1-3-16(23)17(24)7-13/h1-9,11H,10,12H2,(H,27,31). The van der Waals surface area contributed by atoms with Crippen molar-refractivity contribution < 1.29 is 9.53 Å². The van der Waals surface area contributed by atoms with E-state index in [9.17, 15) is 4.79 Å². The highest BCUT2D eigenvalue weighted by Crippen LogP contribution is 2.27. The maximum Gasteiger partial charge on any atom is 0.276 e. The number of aromatic nitrogens is 4. The monoisotopic (exact) mass is 509 g/mol. The molecule has 0 aliphatic heterocycles. The van der Waals surface area contributed by atoms with E-state index in [1.807, 2.05) is 6.07 Å². The molecule has 4 aromatic rings. The van der Waals surface area contributed by atoms with Gasteiger partial charge >= 0.3 is 0 Å². The quantitative estimate of drug-likeness (QED) is 0.329. The molecular formula is C21H15Cl4N5O2. The number of hydrogen-bond donors (Lipinski definition) is 1. The lowest BCUT2D eigenvalue weighted by molar-refractivity contribution is 0.102. The van der Waals surface area contributed by atoms with Crippen LogP contribution in [0.1, 0.15) is 16.1 Å². The molecule has 0 radical (unpaired) electrons. The van der Waals surface area contributed by atoms with Crippen LogP contribution in [0.25, 0.3) is 0 Å². The number of halogens is 4. The van der Waals surface area contributed by atoms with E-state index in [-0.39, 0.29) is 18.3 Å². The highest BCUT2D eigenvalue weighted by atomic mass is 35.5. The average Bonchev–Trinajstić information content (AvgIpc) is 3.40. The number of nitrogens with zero attached hydrogens (tertiary/aromatic N) is 4. The maximum atomic E-state index is 12.5. The fraction of sp³-hybridized carbons (Fsp3) is 0.0952. The van der Waals surface area contributed by atoms with Gasteiger partial charge in [0.05, 0.1) is 33.5 Å². The van der Waals surface area contributed by atoms with Crippen LogP contribution in [0.3, 0.4) is 0 Å². The fourth-order valence-electron chi connectivity index (χ4n) is 2.82. The number of carbonyl (C=O) groups excluding carboxylic acids is 1. The molecule has 0 aliphatic carbocycles. The Labute approximate surface area is 203 Å². The van der Waals surface area contributed by atoms with Gasteiger partial charge < -0.3 is 10.1 Å². The number of hydrogen-bond acceptors (Lipinski definition) is 4. The van der Waals surface area contributed by atoms with Crippen molar-refractivity contribution in [2.75, 3.05) is 5.32 Å². The first kappa shape index (κ1) is 22.5. The zero-order valence-corrected chi connectivity index (χ0v) is 19.3. The Morgan fingerprint density at radius 3 is 2.59 bits per heavy atom. The molecule has 0 spiro atoms. The molecule has 1 amide bonds. The van der Waals surface area contributed by atoms with Gasteiger partial charge in [0.25, 0.3) is 5.91 Å². The molecule has 0 bridgehead atoms. The Bertz CT molecular complexity index is 1270. The molecular weight excluding hydrogens is 496 g/mol. The molecule has 7 nitrogen and oxygen atoms in total. The van der Waals surface area contributed by atoms with E-state index in [1.54, 1.807) is 59.7 Å². The molecule has 164 valence electrons. The lowest BCUT2D eigenvalue weighted by Crippen LogP contribution is -2.14. The summed E-state index contributed by atoms with van der Waals surface area (Å²) in [6.07, 6.45) is 4.90. The van der Waals surface area contributed by atoms with Gasteiger partial charge in [-0.2, -0.15) is 10.2 Å². The molecule has 11 heteroatoms. The summed E-state index contributed by atoms with van der Waals surface area (Å²) >= 11 is 23.9. The molecule has 0 atom stereocenters. The predicted molar refractivity (Wildman–Crippen MR) is 125 cm³/mol. The summed E-state index contributed by atoms with van der Waals surface area (Å²) in [5.41, 5.74) is 1.70. The highest BCUT2D eigenvalue weighted by Gasteiger charge is 2.12. The third-order valence-electron chi connectivity index (χ3n) is 4.34. The van der Waals surface area contributed by atoms with Crippen molar-refractivity contribution >= 4 is 58.0 Å². The molecule has 32 heavy (non-hydrogen) atoms. The number of anilines is 1. The van der Waals surface area contributed by atoms with Gasteiger partial charge in [0.1, 0.15) is 5.75 Å². The Kier molecular flexibility index (Phi) is 6.91. The van der Waals surface area contributed by atoms with Crippen LogP contribution in [-0.2, 0) is 13.3 Å². The largest absolute Gasteiger partial charge is 0.470 e. The number of benzene rings is 2. The molecule has 0 unspecified atom stereocenters. The minimum Gasteiger partial charge on any atom is -0.470 e. The van der Waals surface area contributed by atoms with E-state index < -0.39 is 0 Å². The van der Waals surface area contributed by atoms with Crippen LogP contribution in [0.4, 0.5) is 5.69 Å². The van der Waals surface area contributed by atoms with Crippen molar-refractivity contribution in [3.05, 3.63) is 92.4 Å². The lowest BCUT2D eigenvalue weighted by atomic mass is 10.2. The van der Waals surface area contributed by atoms with Gasteiger partial charge in [-0.1, -0.05) is 52.5 Å². The van der Waals surface area contributed by atoms with Crippen LogP contribution in [-0.4, -0.2) is 25.5 Å². The van der Waals surface area contributed by atoms with Crippen molar-refractivity contribution in [3.63, 3.8) is 0 Å². The van der Waals surface area contributed by atoms with Gasteiger partial charge in [0.2, 0.25) is 0 Å². The summed E-state index contributed by atoms with van der Waals surface area (Å²) in [6, 6.07) is 11.9. The maximum absolute atomic E-state index is 12.5. The zero-order valence-electron chi connectivity index (χ0n) is 16.3. The molecule has 4 rings (SSSR count). The Morgan fingerprint density at radius 2 is 1.81 bits per heavy atom.